The van der Waals surface area contributed by atoms with Crippen LogP contribution >= 0.6 is 0 Å². The molecule has 0 aliphatic carbocycles. The number of aromatic nitrogens is 1. The maximum absolute atomic E-state index is 13.5. The molecule has 0 spiro atoms. The number of aryl methyl sites for hydroxylation is 1. The quantitative estimate of drug-likeness (QED) is 0.759. The summed E-state index contributed by atoms with van der Waals surface area (Å²) in [6.07, 6.45) is 2.69. The molecule has 1 aliphatic heterocycles. The molecule has 0 saturated heterocycles. The summed E-state index contributed by atoms with van der Waals surface area (Å²) in [5, 5.41) is 11.4. The lowest BCUT2D eigenvalue weighted by molar-refractivity contribution is 0.101. The van der Waals surface area contributed by atoms with E-state index in [4.69, 9.17) is 10.00 Å². The van der Waals surface area contributed by atoms with Crippen LogP contribution in [0.15, 0.2) is 41.9 Å². The van der Waals surface area contributed by atoms with Crippen molar-refractivity contribution in [2.45, 2.75) is 17.4 Å². The zero-order chi connectivity index (χ0) is 20.7. The summed E-state index contributed by atoms with van der Waals surface area (Å²) in [5.41, 5.74) is -1.12. The molecular formula is C18H17FN4O4S. The fourth-order valence-corrected chi connectivity index (χ4v) is 4.33. The summed E-state index contributed by atoms with van der Waals surface area (Å²) in [7, 11) is -2.46. The lowest BCUT2D eigenvalue weighted by atomic mass is 10.1. The third-order valence-corrected chi connectivity index (χ3v) is 5.89. The van der Waals surface area contributed by atoms with Crippen LogP contribution in [0.1, 0.15) is 23.0 Å². The SMILES string of the molecule is C=C[C@@]1(C)COc2c(cn(C)c2C(=O)Nc2ccc(F)c(C#N)c2)S(=O)(=O)N1. The van der Waals surface area contributed by atoms with Crippen LogP contribution in [-0.4, -0.2) is 31.0 Å². The minimum Gasteiger partial charge on any atom is -0.487 e. The van der Waals surface area contributed by atoms with Crippen LogP contribution in [0.25, 0.3) is 0 Å². The van der Waals surface area contributed by atoms with Gasteiger partial charge in [0.1, 0.15) is 23.4 Å². The Kier molecular flexibility index (Phi) is 4.74. The molecular weight excluding hydrogens is 387 g/mol. The second kappa shape index (κ2) is 6.78. The van der Waals surface area contributed by atoms with E-state index in [1.54, 1.807) is 13.0 Å². The van der Waals surface area contributed by atoms with E-state index >= 15 is 0 Å². The molecule has 1 aromatic heterocycles. The Morgan fingerprint density at radius 1 is 1.54 bits per heavy atom. The van der Waals surface area contributed by atoms with Crippen molar-refractivity contribution in [2.24, 2.45) is 7.05 Å². The first-order chi connectivity index (χ1) is 13.1. The Hall–Kier alpha value is -3.16. The Morgan fingerprint density at radius 2 is 2.25 bits per heavy atom. The molecule has 8 nitrogen and oxygen atoms in total. The molecule has 0 saturated carbocycles. The van der Waals surface area contributed by atoms with Crippen molar-refractivity contribution in [1.82, 2.24) is 9.29 Å². The highest BCUT2D eigenvalue weighted by Gasteiger charge is 2.38. The maximum Gasteiger partial charge on any atom is 0.276 e. The number of anilines is 1. The van der Waals surface area contributed by atoms with Gasteiger partial charge in [0.25, 0.3) is 5.91 Å². The van der Waals surface area contributed by atoms with Crippen molar-refractivity contribution in [3.05, 3.63) is 54.1 Å². The fourth-order valence-electron chi connectivity index (χ4n) is 2.76. The number of benzene rings is 1. The van der Waals surface area contributed by atoms with Crippen molar-refractivity contribution >= 4 is 21.6 Å². The third-order valence-electron chi connectivity index (χ3n) is 4.29. The summed E-state index contributed by atoms with van der Waals surface area (Å²) in [4.78, 5) is 12.6. The molecule has 2 heterocycles. The number of carbonyl (C=O) groups excluding carboxylic acids is 1. The summed E-state index contributed by atoms with van der Waals surface area (Å²) < 4.78 is 48.3. The maximum atomic E-state index is 13.5. The van der Waals surface area contributed by atoms with E-state index < -0.39 is 27.3 Å². The van der Waals surface area contributed by atoms with Gasteiger partial charge in [0.05, 0.1) is 11.1 Å². The normalized spacial score (nSPS) is 20.2. The zero-order valence-corrected chi connectivity index (χ0v) is 15.9. The first kappa shape index (κ1) is 19.6. The van der Waals surface area contributed by atoms with Gasteiger partial charge in [0.15, 0.2) is 11.4 Å². The number of sulfonamides is 1. The van der Waals surface area contributed by atoms with Gasteiger partial charge in [-0.1, -0.05) is 6.08 Å². The molecule has 1 atom stereocenters. The number of halogens is 1. The number of nitrogens with one attached hydrogen (secondary N) is 2. The Balaban J connectivity index is 2.01. The summed E-state index contributed by atoms with van der Waals surface area (Å²) in [5.74, 6) is -1.48. The van der Waals surface area contributed by atoms with Crippen LogP contribution in [0.2, 0.25) is 0 Å². The van der Waals surface area contributed by atoms with Crippen molar-refractivity contribution < 1.29 is 22.3 Å². The first-order valence-electron chi connectivity index (χ1n) is 8.11. The largest absolute Gasteiger partial charge is 0.487 e. The highest BCUT2D eigenvalue weighted by molar-refractivity contribution is 7.89. The Bertz CT molecular complexity index is 1130. The van der Waals surface area contributed by atoms with Crippen molar-refractivity contribution in [1.29, 1.82) is 5.26 Å². The predicted octanol–water partition coefficient (Wildman–Crippen LogP) is 1.90. The second-order valence-corrected chi connectivity index (χ2v) is 8.21. The molecule has 0 unspecified atom stereocenters. The van der Waals surface area contributed by atoms with Gasteiger partial charge >= 0.3 is 0 Å². The molecule has 28 heavy (non-hydrogen) atoms. The van der Waals surface area contributed by atoms with Gasteiger partial charge in [0.2, 0.25) is 10.0 Å². The average Bonchev–Trinajstić information content (AvgIpc) is 2.94. The molecule has 1 amide bonds. The first-order valence-corrected chi connectivity index (χ1v) is 9.59. The summed E-state index contributed by atoms with van der Waals surface area (Å²) in [6, 6.07) is 5.22. The summed E-state index contributed by atoms with van der Waals surface area (Å²) >= 11 is 0. The lowest BCUT2D eigenvalue weighted by Crippen LogP contribution is -2.46. The standard InChI is InChI=1S/C18H17FN4O4S/c1-4-18(2)10-27-16-14(28(25,26)22-18)9-23(3)15(16)17(24)21-12-5-6-13(19)11(7-12)8-20/h4-7,9,22H,1,10H2,2-3H3,(H,21,24)/t18-/m0/s1. The molecule has 0 bridgehead atoms. The number of rotatable bonds is 3. The summed E-state index contributed by atoms with van der Waals surface area (Å²) in [6.45, 7) is 5.15. The highest BCUT2D eigenvalue weighted by atomic mass is 32.2. The Labute approximate surface area is 161 Å². The van der Waals surface area contributed by atoms with Crippen LogP contribution < -0.4 is 14.8 Å². The van der Waals surface area contributed by atoms with E-state index in [9.17, 15) is 17.6 Å². The van der Waals surface area contributed by atoms with E-state index in [0.29, 0.717) is 0 Å². The van der Waals surface area contributed by atoms with Gasteiger partial charge in [0, 0.05) is 18.9 Å². The highest BCUT2D eigenvalue weighted by Crippen LogP contribution is 2.34. The third kappa shape index (κ3) is 3.37. The van der Waals surface area contributed by atoms with Gasteiger partial charge in [-0.25, -0.2) is 12.8 Å². The van der Waals surface area contributed by atoms with Gasteiger partial charge in [-0.3, -0.25) is 4.79 Å². The number of nitrogens with zero attached hydrogens (tertiary/aromatic N) is 2. The lowest BCUT2D eigenvalue weighted by Gasteiger charge is -2.23. The number of ether oxygens (including phenoxy) is 1. The molecule has 1 aromatic carbocycles. The van der Waals surface area contributed by atoms with Crippen molar-refractivity contribution in [3.8, 4) is 11.8 Å². The predicted molar refractivity (Wildman–Crippen MR) is 98.9 cm³/mol. The Morgan fingerprint density at radius 3 is 2.89 bits per heavy atom. The van der Waals surface area contributed by atoms with E-state index in [0.717, 1.165) is 6.07 Å². The smallest absolute Gasteiger partial charge is 0.276 e. The molecule has 3 rings (SSSR count). The molecule has 1 aliphatic rings. The van der Waals surface area contributed by atoms with E-state index in [1.165, 1.54) is 36.0 Å². The van der Waals surface area contributed by atoms with Crippen LogP contribution in [-0.2, 0) is 17.1 Å². The van der Waals surface area contributed by atoms with Gasteiger partial charge < -0.3 is 14.6 Å². The number of hydrogen-bond acceptors (Lipinski definition) is 5. The molecule has 10 heteroatoms. The van der Waals surface area contributed by atoms with Crippen LogP contribution in [0.3, 0.4) is 0 Å². The van der Waals surface area contributed by atoms with E-state index in [2.05, 4.69) is 16.6 Å². The van der Waals surface area contributed by atoms with E-state index in [1.807, 2.05) is 0 Å². The van der Waals surface area contributed by atoms with Crippen LogP contribution in [0.4, 0.5) is 10.1 Å². The fraction of sp³-hybridized carbons (Fsp3) is 0.222. The minimum atomic E-state index is -3.96. The number of nitriles is 1. The molecule has 0 fully saturated rings. The van der Waals surface area contributed by atoms with Gasteiger partial charge in [-0.15, -0.1) is 6.58 Å². The van der Waals surface area contributed by atoms with Crippen molar-refractivity contribution in [3.63, 3.8) is 0 Å². The van der Waals surface area contributed by atoms with E-state index in [-0.39, 0.29) is 34.2 Å². The molecule has 146 valence electrons. The molecule has 2 aromatic rings. The topological polar surface area (TPSA) is 113 Å². The zero-order valence-electron chi connectivity index (χ0n) is 15.1. The number of fused-ring (bicyclic) bond motifs is 1. The van der Waals surface area contributed by atoms with Gasteiger partial charge in [-0.2, -0.15) is 9.98 Å². The molecule has 2 N–H and O–H groups in total. The molecule has 0 radical (unpaired) electrons. The number of amides is 1. The monoisotopic (exact) mass is 404 g/mol. The number of carbonyl (C=O) groups is 1. The van der Waals surface area contributed by atoms with Crippen LogP contribution in [0, 0.1) is 17.1 Å². The van der Waals surface area contributed by atoms with Crippen molar-refractivity contribution in [2.75, 3.05) is 11.9 Å². The minimum absolute atomic E-state index is 0.0310. The van der Waals surface area contributed by atoms with Gasteiger partial charge in [-0.05, 0) is 25.1 Å². The van der Waals surface area contributed by atoms with Crippen LogP contribution in [0.5, 0.6) is 5.75 Å². The average molecular weight is 404 g/mol. The second-order valence-electron chi connectivity index (χ2n) is 6.56. The number of hydrogen-bond donors (Lipinski definition) is 2.